The van der Waals surface area contributed by atoms with Crippen molar-refractivity contribution in [2.75, 3.05) is 6.54 Å². The van der Waals surface area contributed by atoms with Crippen LogP contribution >= 0.6 is 0 Å². The van der Waals surface area contributed by atoms with Gasteiger partial charge in [-0.25, -0.2) is 18.1 Å². The number of hydrogen-bond donors (Lipinski definition) is 2. The summed E-state index contributed by atoms with van der Waals surface area (Å²) >= 11 is 0. The molecule has 1 aromatic rings. The number of nitrogens with one attached hydrogen (secondary N) is 2. The minimum absolute atomic E-state index is 0.108. The molecule has 0 saturated heterocycles. The van der Waals surface area contributed by atoms with E-state index in [2.05, 4.69) is 15.0 Å². The van der Waals surface area contributed by atoms with Crippen molar-refractivity contribution in [3.05, 3.63) is 23.9 Å². The Bertz CT molecular complexity index is 585. The van der Waals surface area contributed by atoms with Crippen LogP contribution in [0.1, 0.15) is 38.2 Å². The maximum absolute atomic E-state index is 12.4. The van der Waals surface area contributed by atoms with E-state index < -0.39 is 10.0 Å². The molecule has 1 aromatic heterocycles. The van der Waals surface area contributed by atoms with Crippen LogP contribution < -0.4 is 10.0 Å². The molecule has 0 aromatic carbocycles. The maximum Gasteiger partial charge on any atom is 0.258 e. The highest BCUT2D eigenvalue weighted by Crippen LogP contribution is 2.44. The average Bonchev–Trinajstić information content (AvgIpc) is 3.07. The largest absolute Gasteiger partial charge is 0.313 e. The third kappa shape index (κ3) is 3.27. The van der Waals surface area contributed by atoms with Crippen LogP contribution in [0.2, 0.25) is 0 Å². The van der Waals surface area contributed by atoms with E-state index in [4.69, 9.17) is 0 Å². The summed E-state index contributed by atoms with van der Waals surface area (Å²) in [5.41, 5.74) is 0.996. The number of rotatable bonds is 6. The van der Waals surface area contributed by atoms with Gasteiger partial charge in [0.05, 0.1) is 0 Å². The minimum atomic E-state index is -3.48. The van der Waals surface area contributed by atoms with Crippen molar-refractivity contribution < 1.29 is 8.42 Å². The third-order valence-electron chi connectivity index (χ3n) is 4.70. The molecule has 6 heteroatoms. The topological polar surface area (TPSA) is 71.1 Å². The predicted molar refractivity (Wildman–Crippen MR) is 81.2 cm³/mol. The lowest BCUT2D eigenvalue weighted by atomic mass is 9.96. The highest BCUT2D eigenvalue weighted by molar-refractivity contribution is 7.89. The van der Waals surface area contributed by atoms with Crippen LogP contribution in [0, 0.1) is 11.8 Å². The first-order chi connectivity index (χ1) is 10.1. The lowest BCUT2D eigenvalue weighted by molar-refractivity contribution is 0.390. The summed E-state index contributed by atoms with van der Waals surface area (Å²) in [6, 6.07) is 3.53. The van der Waals surface area contributed by atoms with Crippen molar-refractivity contribution in [3.8, 4) is 0 Å². The summed E-state index contributed by atoms with van der Waals surface area (Å²) in [6.07, 6.45) is 6.23. The molecule has 0 spiro atoms. The Kier molecular flexibility index (Phi) is 4.28. The molecule has 3 unspecified atom stereocenters. The van der Waals surface area contributed by atoms with Gasteiger partial charge in [-0.3, -0.25) is 0 Å². The number of aromatic nitrogens is 1. The summed E-state index contributed by atoms with van der Waals surface area (Å²) in [7, 11) is -3.48. The maximum atomic E-state index is 12.4. The number of pyridine rings is 1. The second-order valence-electron chi connectivity index (χ2n) is 6.19. The molecular weight excluding hydrogens is 286 g/mol. The summed E-state index contributed by atoms with van der Waals surface area (Å²) < 4.78 is 27.7. The van der Waals surface area contributed by atoms with Crippen LogP contribution in [0.4, 0.5) is 0 Å². The quantitative estimate of drug-likeness (QED) is 0.838. The molecular formula is C15H23N3O2S. The van der Waals surface area contributed by atoms with Gasteiger partial charge in [0.25, 0.3) is 10.0 Å². The smallest absolute Gasteiger partial charge is 0.258 e. The number of sulfonamides is 1. The zero-order valence-electron chi connectivity index (χ0n) is 12.4. The van der Waals surface area contributed by atoms with Gasteiger partial charge in [0, 0.05) is 18.8 Å². The molecule has 1 heterocycles. The standard InChI is InChI=1S/C15H23N3O2S/c1-2-16-9-12-4-6-15(17-10-12)21(19,20)18-14-8-11-3-5-13(14)7-11/h4,6,10-11,13-14,16,18H,2-3,5,7-9H2,1H3. The van der Waals surface area contributed by atoms with E-state index in [1.54, 1.807) is 12.3 Å². The third-order valence-corrected chi connectivity index (χ3v) is 6.10. The van der Waals surface area contributed by atoms with Crippen molar-refractivity contribution in [2.45, 2.75) is 50.2 Å². The first-order valence-corrected chi connectivity index (χ1v) is 9.25. The van der Waals surface area contributed by atoms with Gasteiger partial charge in [0.2, 0.25) is 0 Å². The van der Waals surface area contributed by atoms with Gasteiger partial charge < -0.3 is 5.32 Å². The van der Waals surface area contributed by atoms with E-state index in [9.17, 15) is 8.42 Å². The number of nitrogens with zero attached hydrogens (tertiary/aromatic N) is 1. The number of fused-ring (bicyclic) bond motifs is 2. The summed E-state index contributed by atoms with van der Waals surface area (Å²) in [5, 5.41) is 3.32. The van der Waals surface area contributed by atoms with Crippen molar-refractivity contribution in [3.63, 3.8) is 0 Å². The van der Waals surface area contributed by atoms with Gasteiger partial charge in [0.15, 0.2) is 5.03 Å². The van der Waals surface area contributed by atoms with Crippen molar-refractivity contribution >= 4 is 10.0 Å². The molecule has 0 radical (unpaired) electrons. The molecule has 2 aliphatic carbocycles. The predicted octanol–water partition coefficient (Wildman–Crippen LogP) is 1.66. The van der Waals surface area contributed by atoms with Crippen molar-refractivity contribution in [1.29, 1.82) is 0 Å². The van der Waals surface area contributed by atoms with E-state index in [0.29, 0.717) is 12.5 Å². The van der Waals surface area contributed by atoms with Gasteiger partial charge >= 0.3 is 0 Å². The summed E-state index contributed by atoms with van der Waals surface area (Å²) in [6.45, 7) is 3.63. The molecule has 2 saturated carbocycles. The normalized spacial score (nSPS) is 28.1. The van der Waals surface area contributed by atoms with Gasteiger partial charge in [-0.2, -0.15) is 0 Å². The van der Waals surface area contributed by atoms with Gasteiger partial charge in [-0.1, -0.05) is 19.4 Å². The van der Waals surface area contributed by atoms with Gasteiger partial charge in [0.1, 0.15) is 0 Å². The lowest BCUT2D eigenvalue weighted by Crippen LogP contribution is -2.38. The monoisotopic (exact) mass is 309 g/mol. The number of hydrogen-bond acceptors (Lipinski definition) is 4. The Hall–Kier alpha value is -0.980. The van der Waals surface area contributed by atoms with Crippen molar-refractivity contribution in [2.24, 2.45) is 11.8 Å². The van der Waals surface area contributed by atoms with Crippen LogP contribution in [-0.2, 0) is 16.6 Å². The minimum Gasteiger partial charge on any atom is -0.313 e. The molecule has 5 nitrogen and oxygen atoms in total. The van der Waals surface area contributed by atoms with Crippen LogP contribution in [0.5, 0.6) is 0 Å². The van der Waals surface area contributed by atoms with Crippen LogP contribution in [0.3, 0.4) is 0 Å². The van der Waals surface area contributed by atoms with Crippen LogP contribution in [0.15, 0.2) is 23.4 Å². The first-order valence-electron chi connectivity index (χ1n) is 7.76. The fourth-order valence-corrected chi connectivity index (χ4v) is 4.84. The molecule has 2 bridgehead atoms. The molecule has 3 atom stereocenters. The SMILES string of the molecule is CCNCc1ccc(S(=O)(=O)NC2CC3CCC2C3)nc1. The average molecular weight is 309 g/mol. The zero-order chi connectivity index (χ0) is 14.9. The molecule has 0 aliphatic heterocycles. The highest BCUT2D eigenvalue weighted by atomic mass is 32.2. The van der Waals surface area contributed by atoms with Crippen LogP contribution in [-0.4, -0.2) is 26.0 Å². The van der Waals surface area contributed by atoms with Crippen LogP contribution in [0.25, 0.3) is 0 Å². The van der Waals surface area contributed by atoms with Gasteiger partial charge in [-0.15, -0.1) is 0 Å². The Morgan fingerprint density at radius 1 is 1.29 bits per heavy atom. The summed E-state index contributed by atoms with van der Waals surface area (Å²) in [5.74, 6) is 1.25. The molecule has 2 N–H and O–H groups in total. The van der Waals surface area contributed by atoms with Gasteiger partial charge in [-0.05, 0) is 49.3 Å². The fourth-order valence-electron chi connectivity index (χ4n) is 3.59. The lowest BCUT2D eigenvalue weighted by Gasteiger charge is -2.22. The van der Waals surface area contributed by atoms with E-state index in [1.165, 1.54) is 12.8 Å². The van der Waals surface area contributed by atoms with E-state index in [0.717, 1.165) is 30.9 Å². The first kappa shape index (κ1) is 14.9. The second-order valence-corrected chi connectivity index (χ2v) is 7.85. The molecule has 3 rings (SSSR count). The molecule has 2 fully saturated rings. The van der Waals surface area contributed by atoms with E-state index >= 15 is 0 Å². The fraction of sp³-hybridized carbons (Fsp3) is 0.667. The Balaban J connectivity index is 1.67. The van der Waals surface area contributed by atoms with E-state index in [-0.39, 0.29) is 11.1 Å². The second kappa shape index (κ2) is 6.02. The Morgan fingerprint density at radius 3 is 2.71 bits per heavy atom. The zero-order valence-corrected chi connectivity index (χ0v) is 13.2. The molecule has 0 amide bonds. The van der Waals surface area contributed by atoms with E-state index in [1.807, 2.05) is 13.0 Å². The molecule has 116 valence electrons. The molecule has 21 heavy (non-hydrogen) atoms. The summed E-state index contributed by atoms with van der Waals surface area (Å²) in [4.78, 5) is 4.12. The van der Waals surface area contributed by atoms with Crippen molar-refractivity contribution in [1.82, 2.24) is 15.0 Å². The highest BCUT2D eigenvalue weighted by Gasteiger charge is 2.41. The Labute approximate surface area is 126 Å². The molecule has 2 aliphatic rings. The Morgan fingerprint density at radius 2 is 2.14 bits per heavy atom.